The van der Waals surface area contributed by atoms with E-state index in [-0.39, 0.29) is 23.9 Å². The van der Waals surface area contributed by atoms with Crippen LogP contribution >= 0.6 is 0 Å². The normalized spacial score (nSPS) is 12.6. The van der Waals surface area contributed by atoms with Crippen molar-refractivity contribution >= 4 is 17.5 Å². The van der Waals surface area contributed by atoms with Gasteiger partial charge in [-0.2, -0.15) is 0 Å². The van der Waals surface area contributed by atoms with E-state index in [0.29, 0.717) is 6.54 Å². The van der Waals surface area contributed by atoms with Crippen LogP contribution in [0.1, 0.15) is 38.8 Å². The van der Waals surface area contributed by atoms with Gasteiger partial charge >= 0.3 is 0 Å². The summed E-state index contributed by atoms with van der Waals surface area (Å²) in [6, 6.07) is 5.97. The molecule has 1 aromatic carbocycles. The second-order valence-electron chi connectivity index (χ2n) is 7.12. The maximum Gasteiger partial charge on any atom is 0.279 e. The summed E-state index contributed by atoms with van der Waals surface area (Å²) in [5.41, 5.74) is 2.73. The average molecular weight is 320 g/mol. The van der Waals surface area contributed by atoms with Crippen molar-refractivity contribution in [3.63, 3.8) is 0 Å². The highest BCUT2D eigenvalue weighted by molar-refractivity contribution is 5.92. The van der Waals surface area contributed by atoms with Crippen molar-refractivity contribution in [2.24, 2.45) is 0 Å². The molecule has 0 spiro atoms. The minimum atomic E-state index is -0.253. The fourth-order valence-corrected chi connectivity index (χ4v) is 2.29. The molecule has 0 aliphatic heterocycles. The van der Waals surface area contributed by atoms with E-state index in [1.807, 2.05) is 59.7 Å². The quantitative estimate of drug-likeness (QED) is 0.734. The number of hydrogen-bond acceptors (Lipinski definition) is 2. The summed E-state index contributed by atoms with van der Waals surface area (Å²) >= 11 is 0. The number of rotatable bonds is 6. The van der Waals surface area contributed by atoms with Crippen LogP contribution < -0.4 is 15.5 Å². The molecule has 0 bridgehead atoms. The van der Waals surface area contributed by atoms with Crippen molar-refractivity contribution in [3.05, 3.63) is 29.3 Å². The number of hydrogen-bond donors (Lipinski definition) is 3. The summed E-state index contributed by atoms with van der Waals surface area (Å²) in [4.78, 5) is 25.2. The highest BCUT2D eigenvalue weighted by Crippen LogP contribution is 2.15. The largest absolute Gasteiger partial charge is 0.347 e. The molecule has 0 fully saturated rings. The molecule has 2 amide bonds. The summed E-state index contributed by atoms with van der Waals surface area (Å²) in [5.74, 6) is -0.104. The van der Waals surface area contributed by atoms with Crippen LogP contribution in [0.2, 0.25) is 0 Å². The van der Waals surface area contributed by atoms with Gasteiger partial charge in [0.15, 0.2) is 13.1 Å². The first kappa shape index (κ1) is 19.2. The van der Waals surface area contributed by atoms with Crippen LogP contribution in [0.5, 0.6) is 0 Å². The summed E-state index contributed by atoms with van der Waals surface area (Å²) in [6.07, 6.45) is 0. The van der Waals surface area contributed by atoms with E-state index in [1.54, 1.807) is 0 Å². The van der Waals surface area contributed by atoms with E-state index < -0.39 is 0 Å². The van der Waals surface area contributed by atoms with Gasteiger partial charge in [-0.3, -0.25) is 9.59 Å². The average Bonchev–Trinajstić information content (AvgIpc) is 2.40. The van der Waals surface area contributed by atoms with Gasteiger partial charge in [0.25, 0.3) is 11.8 Å². The molecular formula is C18H30N3O2+. The zero-order chi connectivity index (χ0) is 17.6. The van der Waals surface area contributed by atoms with E-state index in [9.17, 15) is 9.59 Å². The Balaban J connectivity index is 2.59. The zero-order valence-electron chi connectivity index (χ0n) is 15.2. The van der Waals surface area contributed by atoms with Crippen molar-refractivity contribution < 1.29 is 14.5 Å². The first-order chi connectivity index (χ1) is 10.6. The topological polar surface area (TPSA) is 62.6 Å². The summed E-state index contributed by atoms with van der Waals surface area (Å²) in [5, 5.41) is 5.88. The number of anilines is 1. The van der Waals surface area contributed by atoms with E-state index in [1.165, 1.54) is 0 Å². The predicted molar refractivity (Wildman–Crippen MR) is 93.7 cm³/mol. The summed E-state index contributed by atoms with van der Waals surface area (Å²) in [7, 11) is 0. The molecule has 1 aromatic rings. The van der Waals surface area contributed by atoms with Crippen LogP contribution in [0.25, 0.3) is 0 Å². The van der Waals surface area contributed by atoms with Crippen LogP contribution in [0.4, 0.5) is 5.69 Å². The van der Waals surface area contributed by atoms with Gasteiger partial charge in [-0.05, 0) is 58.7 Å². The number of nitrogens with one attached hydrogen (secondary N) is 3. The molecule has 0 aromatic heterocycles. The molecular weight excluding hydrogens is 290 g/mol. The molecule has 0 saturated heterocycles. The molecule has 1 unspecified atom stereocenters. The molecule has 1 rings (SSSR count). The van der Waals surface area contributed by atoms with Gasteiger partial charge in [0, 0.05) is 11.2 Å². The van der Waals surface area contributed by atoms with Gasteiger partial charge < -0.3 is 15.5 Å². The summed E-state index contributed by atoms with van der Waals surface area (Å²) < 4.78 is 0. The first-order valence-electron chi connectivity index (χ1n) is 8.12. The molecule has 0 aliphatic rings. The van der Waals surface area contributed by atoms with Gasteiger partial charge in [0.1, 0.15) is 0 Å². The number of aryl methyl sites for hydroxylation is 2. The van der Waals surface area contributed by atoms with E-state index in [0.717, 1.165) is 28.3 Å². The molecule has 1 atom stereocenters. The van der Waals surface area contributed by atoms with Crippen molar-refractivity contribution in [2.45, 2.75) is 47.1 Å². The number of amides is 2. The van der Waals surface area contributed by atoms with Crippen molar-refractivity contribution in [1.82, 2.24) is 5.32 Å². The Bertz CT molecular complexity index is 562. The Hall–Kier alpha value is -1.88. The standard InChI is InChI=1S/C18H29N3O2/c1-7-21(12-17(23)20-18(4,5)6)11-16(22)19-15-10-13(2)8-9-14(15)3/h8-10H,7,11-12H2,1-6H3,(H,19,22)(H,20,23)/p+1. The second kappa shape index (κ2) is 8.11. The Morgan fingerprint density at radius 1 is 1.09 bits per heavy atom. The third kappa shape index (κ3) is 7.28. The van der Waals surface area contributed by atoms with Crippen LogP contribution in [0.3, 0.4) is 0 Å². The highest BCUT2D eigenvalue weighted by Gasteiger charge is 2.20. The third-order valence-corrected chi connectivity index (χ3v) is 3.50. The molecule has 5 heteroatoms. The molecule has 0 radical (unpaired) electrons. The smallest absolute Gasteiger partial charge is 0.279 e. The number of likely N-dealkylation sites (N-methyl/N-ethyl adjacent to an activating group) is 1. The lowest BCUT2D eigenvalue weighted by Crippen LogP contribution is -3.14. The van der Waals surface area contributed by atoms with Gasteiger partial charge in [-0.1, -0.05) is 12.1 Å². The predicted octanol–water partition coefficient (Wildman–Crippen LogP) is 1.06. The second-order valence-corrected chi connectivity index (χ2v) is 7.12. The van der Waals surface area contributed by atoms with Gasteiger partial charge in [-0.25, -0.2) is 0 Å². The number of carbonyl (C=O) groups is 2. The first-order valence-corrected chi connectivity index (χ1v) is 8.12. The Morgan fingerprint density at radius 3 is 2.26 bits per heavy atom. The number of benzene rings is 1. The van der Waals surface area contributed by atoms with E-state index in [4.69, 9.17) is 0 Å². The maximum absolute atomic E-state index is 12.2. The fourth-order valence-electron chi connectivity index (χ4n) is 2.29. The molecule has 23 heavy (non-hydrogen) atoms. The zero-order valence-corrected chi connectivity index (χ0v) is 15.2. The monoisotopic (exact) mass is 320 g/mol. The van der Waals surface area contributed by atoms with Gasteiger partial charge in [-0.15, -0.1) is 0 Å². The minimum Gasteiger partial charge on any atom is -0.347 e. The maximum atomic E-state index is 12.2. The van der Waals surface area contributed by atoms with Crippen molar-refractivity contribution in [1.29, 1.82) is 0 Å². The Labute approximate surface area is 139 Å². The molecule has 0 aliphatic carbocycles. The van der Waals surface area contributed by atoms with E-state index in [2.05, 4.69) is 10.6 Å². The van der Waals surface area contributed by atoms with Gasteiger partial charge in [0.05, 0.1) is 6.54 Å². The van der Waals surface area contributed by atoms with Crippen molar-refractivity contribution in [2.75, 3.05) is 25.0 Å². The van der Waals surface area contributed by atoms with Crippen LogP contribution in [0, 0.1) is 13.8 Å². The van der Waals surface area contributed by atoms with Crippen LogP contribution in [0.15, 0.2) is 18.2 Å². The van der Waals surface area contributed by atoms with Crippen LogP contribution in [-0.4, -0.2) is 37.0 Å². The SMILES string of the molecule is CC[NH+](CC(=O)Nc1cc(C)ccc1C)CC(=O)NC(C)(C)C. The lowest BCUT2D eigenvalue weighted by atomic mass is 10.1. The molecule has 0 heterocycles. The Kier molecular flexibility index (Phi) is 6.76. The molecule has 5 nitrogen and oxygen atoms in total. The lowest BCUT2D eigenvalue weighted by Gasteiger charge is -2.23. The van der Waals surface area contributed by atoms with Crippen molar-refractivity contribution in [3.8, 4) is 0 Å². The Morgan fingerprint density at radius 2 is 1.70 bits per heavy atom. The molecule has 3 N–H and O–H groups in total. The molecule has 0 saturated carbocycles. The fraction of sp³-hybridized carbons (Fsp3) is 0.556. The lowest BCUT2D eigenvalue weighted by molar-refractivity contribution is -0.881. The minimum absolute atomic E-state index is 0.0334. The van der Waals surface area contributed by atoms with Crippen LogP contribution in [-0.2, 0) is 9.59 Å². The highest BCUT2D eigenvalue weighted by atomic mass is 16.2. The number of quaternary nitrogens is 1. The van der Waals surface area contributed by atoms with Gasteiger partial charge in [0.2, 0.25) is 0 Å². The third-order valence-electron chi connectivity index (χ3n) is 3.50. The molecule has 128 valence electrons. The number of carbonyl (C=O) groups excluding carboxylic acids is 2. The summed E-state index contributed by atoms with van der Waals surface area (Å²) in [6.45, 7) is 13.1. The van der Waals surface area contributed by atoms with E-state index >= 15 is 0 Å².